The lowest BCUT2D eigenvalue weighted by molar-refractivity contribution is 0.0891. The van der Waals surface area contributed by atoms with E-state index < -0.39 is 8.32 Å². The second-order valence-corrected chi connectivity index (χ2v) is 11.6. The van der Waals surface area contributed by atoms with E-state index in [0.717, 1.165) is 5.75 Å². The van der Waals surface area contributed by atoms with Gasteiger partial charge >= 0.3 is 0 Å². The zero-order chi connectivity index (χ0) is 20.9. The Labute approximate surface area is 166 Å². The second-order valence-electron chi connectivity index (χ2n) is 7.17. The van der Waals surface area contributed by atoms with E-state index in [1.165, 1.54) is 21.3 Å². The van der Waals surface area contributed by atoms with Crippen LogP contribution in [0.15, 0.2) is 36.4 Å². The fraction of sp³-hybridized carbons (Fsp3) is 0.333. The number of methoxy groups -OCH3 is 3. The summed E-state index contributed by atoms with van der Waals surface area (Å²) in [6, 6.07) is 10.0. The first-order valence-corrected chi connectivity index (χ1v) is 12.2. The summed E-state index contributed by atoms with van der Waals surface area (Å²) in [5, 5.41) is 0. The molecule has 0 aliphatic heterocycles. The maximum atomic E-state index is 12.8. The summed E-state index contributed by atoms with van der Waals surface area (Å²) in [6.07, 6.45) is -0.298. The third-order valence-corrected chi connectivity index (χ3v) is 4.76. The van der Waals surface area contributed by atoms with Crippen molar-refractivity contribution in [1.29, 1.82) is 0 Å². The summed E-state index contributed by atoms with van der Waals surface area (Å²) >= 11 is 0. The minimum absolute atomic E-state index is 0.220. The van der Waals surface area contributed by atoms with Crippen molar-refractivity contribution in [2.24, 2.45) is 0 Å². The van der Waals surface area contributed by atoms with Gasteiger partial charge in [0.15, 0.2) is 11.6 Å². The maximum absolute atomic E-state index is 12.8. The molecular weight excluding hydrogens is 376 g/mol. The highest BCUT2D eigenvalue weighted by Gasteiger charge is 2.23. The normalized spacial score (nSPS) is 10.9. The van der Waals surface area contributed by atoms with Crippen molar-refractivity contribution in [3.05, 3.63) is 47.5 Å². The van der Waals surface area contributed by atoms with Crippen molar-refractivity contribution >= 4 is 19.9 Å². The molecule has 0 radical (unpaired) electrons. The van der Waals surface area contributed by atoms with E-state index in [1.54, 1.807) is 36.4 Å². The van der Waals surface area contributed by atoms with Gasteiger partial charge in [-0.1, -0.05) is 0 Å². The highest BCUT2D eigenvalue weighted by atomic mass is 28.4. The Morgan fingerprint density at radius 3 is 1.75 bits per heavy atom. The van der Waals surface area contributed by atoms with Gasteiger partial charge in [-0.05, 0) is 43.9 Å². The zero-order valence-electron chi connectivity index (χ0n) is 17.1. The van der Waals surface area contributed by atoms with Crippen molar-refractivity contribution in [2.75, 3.05) is 21.3 Å². The molecule has 0 spiro atoms. The molecule has 0 aliphatic carbocycles. The first kappa shape index (κ1) is 21.5. The molecule has 7 heteroatoms. The average molecular weight is 403 g/mol. The smallest absolute Gasteiger partial charge is 0.242 e. The zero-order valence-corrected chi connectivity index (χ0v) is 18.1. The molecule has 0 amide bonds. The van der Waals surface area contributed by atoms with Crippen molar-refractivity contribution in [3.8, 4) is 23.0 Å². The van der Waals surface area contributed by atoms with E-state index in [4.69, 9.17) is 18.6 Å². The average Bonchev–Trinajstić information content (AvgIpc) is 2.65. The Bertz CT molecular complexity index is 827. The van der Waals surface area contributed by atoms with Crippen LogP contribution in [-0.4, -0.2) is 41.2 Å². The number of ketones is 2. The van der Waals surface area contributed by atoms with Gasteiger partial charge in [0, 0.05) is 17.7 Å². The SMILES string of the molecule is COc1cc(OC)c(C(=O)CC(=O)c2ccc(O[Si](C)(C)C)cc2)c(OC)c1. The van der Waals surface area contributed by atoms with Crippen molar-refractivity contribution in [3.63, 3.8) is 0 Å². The third kappa shape index (κ3) is 5.36. The Balaban J connectivity index is 2.22. The summed E-state index contributed by atoms with van der Waals surface area (Å²) in [5.74, 6) is 1.14. The lowest BCUT2D eigenvalue weighted by atomic mass is 10.00. The highest BCUT2D eigenvalue weighted by Crippen LogP contribution is 2.35. The van der Waals surface area contributed by atoms with E-state index in [0.29, 0.717) is 22.8 Å². The number of rotatable bonds is 9. The fourth-order valence-electron chi connectivity index (χ4n) is 2.68. The number of hydrogen-bond acceptors (Lipinski definition) is 6. The third-order valence-electron chi connectivity index (χ3n) is 3.92. The van der Waals surface area contributed by atoms with Gasteiger partial charge in [0.25, 0.3) is 0 Å². The predicted molar refractivity (Wildman–Crippen MR) is 110 cm³/mol. The monoisotopic (exact) mass is 402 g/mol. The molecule has 2 aromatic rings. The van der Waals surface area contributed by atoms with Crippen LogP contribution < -0.4 is 18.6 Å². The van der Waals surface area contributed by atoms with E-state index in [1.807, 2.05) is 0 Å². The van der Waals surface area contributed by atoms with Crippen LogP contribution >= 0.6 is 0 Å². The highest BCUT2D eigenvalue weighted by molar-refractivity contribution is 6.70. The molecule has 28 heavy (non-hydrogen) atoms. The van der Waals surface area contributed by atoms with Crippen LogP contribution in [0.1, 0.15) is 27.1 Å². The van der Waals surface area contributed by atoms with Gasteiger partial charge in [0.2, 0.25) is 8.32 Å². The molecule has 150 valence electrons. The van der Waals surface area contributed by atoms with Crippen molar-refractivity contribution in [2.45, 2.75) is 26.1 Å². The number of hydrogen-bond donors (Lipinski definition) is 0. The van der Waals surface area contributed by atoms with Gasteiger partial charge < -0.3 is 18.6 Å². The Kier molecular flexibility index (Phi) is 6.85. The second kappa shape index (κ2) is 8.92. The van der Waals surface area contributed by atoms with Crippen LogP contribution in [0.2, 0.25) is 19.6 Å². The van der Waals surface area contributed by atoms with E-state index in [9.17, 15) is 9.59 Å². The van der Waals surface area contributed by atoms with Crippen LogP contribution in [0.5, 0.6) is 23.0 Å². The lowest BCUT2D eigenvalue weighted by Gasteiger charge is -2.19. The largest absolute Gasteiger partial charge is 0.544 e. The Hall–Kier alpha value is -2.80. The number of Topliss-reactive ketones (excluding diaryl/α,β-unsaturated/α-hetero) is 2. The molecule has 0 N–H and O–H groups in total. The van der Waals surface area contributed by atoms with Gasteiger partial charge in [-0.15, -0.1) is 0 Å². The predicted octanol–water partition coefficient (Wildman–Crippen LogP) is 4.38. The molecule has 0 unspecified atom stereocenters. The van der Waals surface area contributed by atoms with Gasteiger partial charge in [0.1, 0.15) is 28.6 Å². The first-order chi connectivity index (χ1) is 13.2. The molecule has 0 aromatic heterocycles. The molecular formula is C21H26O6Si. The number of carbonyl (C=O) groups excluding carboxylic acids is 2. The summed E-state index contributed by atoms with van der Waals surface area (Å²) in [4.78, 5) is 25.4. The summed E-state index contributed by atoms with van der Waals surface area (Å²) in [6.45, 7) is 6.25. The Morgan fingerprint density at radius 2 is 1.32 bits per heavy atom. The van der Waals surface area contributed by atoms with Gasteiger partial charge in [0.05, 0.1) is 27.8 Å². The van der Waals surface area contributed by atoms with Gasteiger partial charge in [-0.25, -0.2) is 0 Å². The number of carbonyl (C=O) groups is 2. The summed E-state index contributed by atoms with van der Waals surface area (Å²) < 4.78 is 21.7. The van der Waals surface area contributed by atoms with E-state index >= 15 is 0 Å². The molecule has 0 saturated carbocycles. The van der Waals surface area contributed by atoms with Crippen LogP contribution in [0.25, 0.3) is 0 Å². The number of ether oxygens (including phenoxy) is 3. The molecule has 0 fully saturated rings. The lowest BCUT2D eigenvalue weighted by Crippen LogP contribution is -2.29. The first-order valence-electron chi connectivity index (χ1n) is 8.84. The minimum atomic E-state index is -1.72. The van der Waals surface area contributed by atoms with Gasteiger partial charge in [-0.3, -0.25) is 9.59 Å². The van der Waals surface area contributed by atoms with E-state index in [-0.39, 0.29) is 23.6 Å². The molecule has 0 heterocycles. The quantitative estimate of drug-likeness (QED) is 0.352. The molecule has 0 bridgehead atoms. The van der Waals surface area contributed by atoms with Crippen LogP contribution in [-0.2, 0) is 0 Å². The molecule has 2 aromatic carbocycles. The van der Waals surface area contributed by atoms with Crippen LogP contribution in [0.4, 0.5) is 0 Å². The molecule has 0 atom stereocenters. The molecule has 2 rings (SSSR count). The maximum Gasteiger partial charge on any atom is 0.242 e. The minimum Gasteiger partial charge on any atom is -0.544 e. The topological polar surface area (TPSA) is 71.1 Å². The van der Waals surface area contributed by atoms with E-state index in [2.05, 4.69) is 19.6 Å². The Morgan fingerprint density at radius 1 is 0.786 bits per heavy atom. The van der Waals surface area contributed by atoms with Gasteiger partial charge in [-0.2, -0.15) is 0 Å². The molecule has 0 aliphatic rings. The van der Waals surface area contributed by atoms with Crippen LogP contribution in [0, 0.1) is 0 Å². The standard InChI is InChI=1S/C21H26O6Si/c1-24-16-11-19(25-2)21(20(12-16)26-3)18(23)13-17(22)14-7-9-15(10-8-14)27-28(4,5)6/h7-12H,13H2,1-6H3. The fourth-order valence-corrected chi connectivity index (χ4v) is 3.52. The van der Waals surface area contributed by atoms with Crippen molar-refractivity contribution in [1.82, 2.24) is 0 Å². The molecule has 6 nitrogen and oxygen atoms in total. The summed E-state index contributed by atoms with van der Waals surface area (Å²) in [7, 11) is 2.69. The number of benzene rings is 2. The van der Waals surface area contributed by atoms with Crippen molar-refractivity contribution < 1.29 is 28.2 Å². The summed E-state index contributed by atoms with van der Waals surface area (Å²) in [5.41, 5.74) is 0.667. The molecule has 0 saturated heterocycles. The van der Waals surface area contributed by atoms with Crippen LogP contribution in [0.3, 0.4) is 0 Å².